The number of hydrogen-bond donors (Lipinski definition) is 0. The van der Waals surface area contributed by atoms with Gasteiger partial charge in [-0.1, -0.05) is 32.1 Å². The predicted molar refractivity (Wildman–Crippen MR) is 48.1 cm³/mol. The Balaban J connectivity index is 1.81. The van der Waals surface area contributed by atoms with E-state index in [0.717, 1.165) is 17.8 Å². The maximum atomic E-state index is 4.32. The maximum absolute atomic E-state index is 4.32. The Morgan fingerprint density at radius 3 is 1.91 bits per heavy atom. The SMILES string of the molecule is [CH2]C(C1CCCCC1)C1CC1. The zero-order chi connectivity index (χ0) is 7.68. The predicted octanol–water partition coefficient (Wildman–Crippen LogP) is 3.43. The van der Waals surface area contributed by atoms with Gasteiger partial charge in [0.25, 0.3) is 0 Å². The zero-order valence-electron chi connectivity index (χ0n) is 7.39. The summed E-state index contributed by atoms with van der Waals surface area (Å²) in [4.78, 5) is 0. The molecule has 0 spiro atoms. The van der Waals surface area contributed by atoms with Crippen molar-refractivity contribution in [1.29, 1.82) is 0 Å². The summed E-state index contributed by atoms with van der Waals surface area (Å²) in [5, 5.41) is 0. The summed E-state index contributed by atoms with van der Waals surface area (Å²) >= 11 is 0. The molecule has 0 aliphatic heterocycles. The third kappa shape index (κ3) is 1.77. The molecule has 0 aromatic carbocycles. The lowest BCUT2D eigenvalue weighted by Gasteiger charge is -2.27. The van der Waals surface area contributed by atoms with Crippen LogP contribution < -0.4 is 0 Å². The van der Waals surface area contributed by atoms with Crippen LogP contribution in [-0.4, -0.2) is 0 Å². The van der Waals surface area contributed by atoms with Crippen LogP contribution in [0.15, 0.2) is 0 Å². The lowest BCUT2D eigenvalue weighted by atomic mass is 9.79. The van der Waals surface area contributed by atoms with E-state index in [9.17, 15) is 0 Å². The molecular formula is C11H19. The molecule has 63 valence electrons. The van der Waals surface area contributed by atoms with E-state index in [1.54, 1.807) is 0 Å². The maximum Gasteiger partial charge on any atom is -0.0357 e. The Hall–Kier alpha value is 0. The van der Waals surface area contributed by atoms with Gasteiger partial charge in [0.2, 0.25) is 0 Å². The van der Waals surface area contributed by atoms with Crippen molar-refractivity contribution < 1.29 is 0 Å². The third-order valence-corrected chi connectivity index (χ3v) is 3.48. The van der Waals surface area contributed by atoms with Crippen molar-refractivity contribution in [1.82, 2.24) is 0 Å². The quantitative estimate of drug-likeness (QED) is 0.567. The standard InChI is InChI=1S/C11H19/c1-9(11-7-8-11)10-5-3-2-4-6-10/h9-11H,1-8H2. The second-order valence-electron chi connectivity index (χ2n) is 4.40. The first kappa shape index (κ1) is 7.64. The van der Waals surface area contributed by atoms with Gasteiger partial charge in [-0.2, -0.15) is 0 Å². The third-order valence-electron chi connectivity index (χ3n) is 3.48. The monoisotopic (exact) mass is 151 g/mol. The fourth-order valence-corrected chi connectivity index (χ4v) is 2.47. The van der Waals surface area contributed by atoms with Crippen LogP contribution >= 0.6 is 0 Å². The Kier molecular flexibility index (Phi) is 2.20. The summed E-state index contributed by atoms with van der Waals surface area (Å²) in [6, 6.07) is 0. The second-order valence-corrected chi connectivity index (χ2v) is 4.40. The lowest BCUT2D eigenvalue weighted by molar-refractivity contribution is 0.263. The molecule has 0 nitrogen and oxygen atoms in total. The van der Waals surface area contributed by atoms with Crippen LogP contribution in [0.3, 0.4) is 0 Å². The largest absolute Gasteiger partial charge is 0.0533 e. The summed E-state index contributed by atoms with van der Waals surface area (Å²) < 4.78 is 0. The number of rotatable bonds is 2. The molecular weight excluding hydrogens is 132 g/mol. The molecule has 0 bridgehead atoms. The van der Waals surface area contributed by atoms with Gasteiger partial charge in [0.15, 0.2) is 0 Å². The first-order valence-corrected chi connectivity index (χ1v) is 5.21. The Morgan fingerprint density at radius 1 is 0.818 bits per heavy atom. The highest BCUT2D eigenvalue weighted by Gasteiger charge is 2.33. The van der Waals surface area contributed by atoms with Gasteiger partial charge in [0, 0.05) is 0 Å². The molecule has 0 aromatic heterocycles. The van der Waals surface area contributed by atoms with Crippen molar-refractivity contribution in [3.8, 4) is 0 Å². The summed E-state index contributed by atoms with van der Waals surface area (Å²) in [5.41, 5.74) is 0. The fraction of sp³-hybridized carbons (Fsp3) is 0.909. The average Bonchev–Trinajstić information content (AvgIpc) is 2.87. The van der Waals surface area contributed by atoms with Crippen LogP contribution in [0.1, 0.15) is 44.9 Å². The molecule has 0 aromatic rings. The number of hydrogen-bond acceptors (Lipinski definition) is 0. The molecule has 0 N–H and O–H groups in total. The van der Waals surface area contributed by atoms with E-state index in [0.29, 0.717) is 0 Å². The minimum atomic E-state index is 0.815. The van der Waals surface area contributed by atoms with Gasteiger partial charge in [-0.15, -0.1) is 0 Å². The van der Waals surface area contributed by atoms with Crippen molar-refractivity contribution in [3.05, 3.63) is 6.92 Å². The van der Waals surface area contributed by atoms with E-state index < -0.39 is 0 Å². The summed E-state index contributed by atoms with van der Waals surface area (Å²) in [6.45, 7) is 4.32. The molecule has 0 heteroatoms. The van der Waals surface area contributed by atoms with Gasteiger partial charge in [-0.25, -0.2) is 0 Å². The van der Waals surface area contributed by atoms with Crippen LogP contribution in [0.25, 0.3) is 0 Å². The molecule has 2 aliphatic rings. The van der Waals surface area contributed by atoms with Crippen LogP contribution in [0.5, 0.6) is 0 Å². The molecule has 2 saturated carbocycles. The molecule has 1 atom stereocenters. The Labute approximate surface area is 70.4 Å². The van der Waals surface area contributed by atoms with Crippen molar-refractivity contribution in [2.75, 3.05) is 0 Å². The molecule has 2 aliphatic carbocycles. The molecule has 0 amide bonds. The molecule has 2 rings (SSSR count). The van der Waals surface area contributed by atoms with Crippen LogP contribution in [0.2, 0.25) is 0 Å². The highest BCUT2D eigenvalue weighted by Crippen LogP contribution is 2.44. The van der Waals surface area contributed by atoms with Gasteiger partial charge < -0.3 is 0 Å². The molecule has 1 unspecified atom stereocenters. The summed E-state index contributed by atoms with van der Waals surface area (Å²) in [6.07, 6.45) is 10.3. The van der Waals surface area contributed by atoms with E-state index in [1.807, 2.05) is 0 Å². The van der Waals surface area contributed by atoms with E-state index >= 15 is 0 Å². The lowest BCUT2D eigenvalue weighted by Crippen LogP contribution is -2.16. The van der Waals surface area contributed by atoms with E-state index in [2.05, 4.69) is 6.92 Å². The summed E-state index contributed by atoms with van der Waals surface area (Å²) in [7, 11) is 0. The van der Waals surface area contributed by atoms with Crippen LogP contribution in [0.4, 0.5) is 0 Å². The minimum Gasteiger partial charge on any atom is -0.0533 e. The van der Waals surface area contributed by atoms with Crippen molar-refractivity contribution >= 4 is 0 Å². The average molecular weight is 151 g/mol. The van der Waals surface area contributed by atoms with Crippen molar-refractivity contribution in [2.45, 2.75) is 44.9 Å². The van der Waals surface area contributed by atoms with Crippen LogP contribution in [0, 0.1) is 24.7 Å². The molecule has 1 radical (unpaired) electrons. The van der Waals surface area contributed by atoms with E-state index in [-0.39, 0.29) is 0 Å². The topological polar surface area (TPSA) is 0 Å². The summed E-state index contributed by atoms with van der Waals surface area (Å²) in [5.74, 6) is 2.84. The Bertz CT molecular complexity index is 118. The minimum absolute atomic E-state index is 0.815. The van der Waals surface area contributed by atoms with Gasteiger partial charge >= 0.3 is 0 Å². The van der Waals surface area contributed by atoms with E-state index in [1.165, 1.54) is 44.9 Å². The first-order chi connectivity index (χ1) is 5.38. The van der Waals surface area contributed by atoms with Crippen molar-refractivity contribution in [3.63, 3.8) is 0 Å². The van der Waals surface area contributed by atoms with Crippen molar-refractivity contribution in [2.24, 2.45) is 17.8 Å². The van der Waals surface area contributed by atoms with Gasteiger partial charge in [0.05, 0.1) is 0 Å². The van der Waals surface area contributed by atoms with Gasteiger partial charge in [0.1, 0.15) is 0 Å². The molecule has 2 fully saturated rings. The molecule has 0 saturated heterocycles. The van der Waals surface area contributed by atoms with Gasteiger partial charge in [-0.05, 0) is 37.5 Å². The van der Waals surface area contributed by atoms with E-state index in [4.69, 9.17) is 0 Å². The highest BCUT2D eigenvalue weighted by atomic mass is 14.4. The van der Waals surface area contributed by atoms with Crippen LogP contribution in [-0.2, 0) is 0 Å². The second kappa shape index (κ2) is 3.16. The zero-order valence-corrected chi connectivity index (χ0v) is 7.39. The fourth-order valence-electron chi connectivity index (χ4n) is 2.47. The molecule has 11 heavy (non-hydrogen) atoms. The van der Waals surface area contributed by atoms with Gasteiger partial charge in [-0.3, -0.25) is 0 Å². The molecule has 0 heterocycles. The first-order valence-electron chi connectivity index (χ1n) is 5.21. The smallest absolute Gasteiger partial charge is 0.0357 e. The highest BCUT2D eigenvalue weighted by molar-refractivity contribution is 4.87. The normalized spacial score (nSPS) is 30.3. The Morgan fingerprint density at radius 2 is 1.36 bits per heavy atom.